The molecule has 2 atom stereocenters. The number of alkyl halides is 8. The number of halogens is 8. The van der Waals surface area contributed by atoms with Gasteiger partial charge in [-0.15, -0.1) is 0 Å². The second kappa shape index (κ2) is 6.91. The lowest BCUT2D eigenvalue weighted by atomic mass is 10.2. The lowest BCUT2D eigenvalue weighted by Crippen LogP contribution is -2.34. The van der Waals surface area contributed by atoms with Crippen molar-refractivity contribution in [1.82, 2.24) is 0 Å². The Morgan fingerprint density at radius 1 is 1.04 bits per heavy atom. The summed E-state index contributed by atoms with van der Waals surface area (Å²) < 4.78 is 85.0. The first-order valence-electron chi connectivity index (χ1n) is 5.50. The van der Waals surface area contributed by atoms with Crippen LogP contribution in [0, 0.1) is 0 Å². The van der Waals surface area contributed by atoms with Crippen LogP contribution in [-0.2, 0) is 0 Å². The van der Waals surface area contributed by atoms with Gasteiger partial charge in [-0.1, -0.05) is 23.2 Å². The molecule has 0 bridgehead atoms. The van der Waals surface area contributed by atoms with Gasteiger partial charge in [-0.05, 0) is 12.1 Å². The van der Waals surface area contributed by atoms with E-state index < -0.39 is 46.4 Å². The number of nitrogens with two attached hydrogens (primary N) is 1. The minimum Gasteiger partial charge on any atom is -0.429 e. The Kier molecular flexibility index (Phi) is 5.86. The Morgan fingerprint density at radius 2 is 1.52 bits per heavy atom. The molecule has 2 N–H and O–H groups in total. The molecular weight excluding hydrogens is 379 g/mol. The fraction of sp³-hybridized carbons (Fsp3) is 0.364. The average molecular weight is 386 g/mol. The fourth-order valence-electron chi connectivity index (χ4n) is 1.25. The molecule has 0 aliphatic rings. The number of carbonyl (C=O) groups excluding carboxylic acids is 1. The van der Waals surface area contributed by atoms with Crippen molar-refractivity contribution < 1.29 is 40.6 Å². The number of ether oxygens (including phenoxy) is 2. The zero-order valence-electron chi connectivity index (χ0n) is 10.7. The Balaban J connectivity index is 3.21. The molecule has 12 heteroatoms. The first-order valence-corrected chi connectivity index (χ1v) is 6.38. The van der Waals surface area contributed by atoms with Gasteiger partial charge in [0.25, 0.3) is 17.2 Å². The molecule has 23 heavy (non-hydrogen) atoms. The molecule has 0 unspecified atom stereocenters. The van der Waals surface area contributed by atoms with Crippen LogP contribution in [0.5, 0.6) is 11.5 Å². The summed E-state index contributed by atoms with van der Waals surface area (Å²) in [5.41, 5.74) is -2.39. The predicted octanol–water partition coefficient (Wildman–Crippen LogP) is 3.80. The van der Waals surface area contributed by atoms with Crippen molar-refractivity contribution in [2.75, 3.05) is 0 Å². The predicted molar refractivity (Wildman–Crippen MR) is 67.6 cm³/mol. The molecule has 0 saturated carbocycles. The highest BCUT2D eigenvalue weighted by molar-refractivity contribution is 6.20. The summed E-state index contributed by atoms with van der Waals surface area (Å²) in [6, 6.07) is 1.70. The van der Waals surface area contributed by atoms with Crippen molar-refractivity contribution in [3.8, 4) is 11.5 Å². The zero-order chi connectivity index (χ0) is 18.0. The molecule has 0 fully saturated rings. The number of primary amides is 1. The number of benzene rings is 1. The smallest absolute Gasteiger partial charge is 0.429 e. The maximum atomic E-state index is 13.1. The van der Waals surface area contributed by atoms with Crippen molar-refractivity contribution in [1.29, 1.82) is 0 Å². The number of amides is 1. The number of rotatable bonds is 7. The monoisotopic (exact) mass is 385 g/mol. The molecule has 0 saturated heterocycles. The molecule has 0 radical (unpaired) electrons. The minimum absolute atomic E-state index is 0.348. The third-order valence-corrected chi connectivity index (χ3v) is 2.73. The van der Waals surface area contributed by atoms with E-state index in [1.54, 1.807) is 0 Å². The maximum absolute atomic E-state index is 13.1. The average Bonchev–Trinajstić information content (AvgIpc) is 2.37. The van der Waals surface area contributed by atoms with E-state index in [0.717, 1.165) is 0 Å². The summed E-state index contributed by atoms with van der Waals surface area (Å²) in [7, 11) is 0. The fourth-order valence-corrected chi connectivity index (χ4v) is 1.34. The van der Waals surface area contributed by atoms with E-state index in [2.05, 4.69) is 32.7 Å². The van der Waals surface area contributed by atoms with Crippen molar-refractivity contribution in [2.24, 2.45) is 5.73 Å². The van der Waals surface area contributed by atoms with Crippen LogP contribution in [0.4, 0.5) is 26.3 Å². The standard InChI is InChI=1S/C11H7Cl2F6NO3/c12-8(14)10(16,17)22-4-1-2-5(7(20)21)6(3-4)23-11(18,19)9(13)15/h1-3,8-9H,(H2,20,21)/t8-,9+/m1/s1. The largest absolute Gasteiger partial charge is 0.444 e. The normalized spacial score (nSPS) is 15.0. The quantitative estimate of drug-likeness (QED) is 0.573. The maximum Gasteiger partial charge on any atom is 0.444 e. The molecule has 0 aromatic heterocycles. The molecule has 1 amide bonds. The van der Waals surface area contributed by atoms with Gasteiger partial charge in [-0.3, -0.25) is 4.79 Å². The lowest BCUT2D eigenvalue weighted by Gasteiger charge is -2.21. The van der Waals surface area contributed by atoms with Crippen LogP contribution in [0.15, 0.2) is 18.2 Å². The van der Waals surface area contributed by atoms with Crippen molar-refractivity contribution in [3.05, 3.63) is 23.8 Å². The van der Waals surface area contributed by atoms with E-state index in [4.69, 9.17) is 5.73 Å². The van der Waals surface area contributed by atoms with E-state index in [-0.39, 0.29) is 0 Å². The Hall–Kier alpha value is -1.55. The molecule has 1 aromatic rings. The van der Waals surface area contributed by atoms with E-state index in [0.29, 0.717) is 18.2 Å². The van der Waals surface area contributed by atoms with Crippen molar-refractivity contribution in [2.45, 2.75) is 23.5 Å². The van der Waals surface area contributed by atoms with E-state index >= 15 is 0 Å². The minimum atomic E-state index is -4.61. The topological polar surface area (TPSA) is 61.6 Å². The summed E-state index contributed by atoms with van der Waals surface area (Å²) in [5, 5.41) is 0. The second-order valence-electron chi connectivity index (χ2n) is 3.95. The van der Waals surface area contributed by atoms with E-state index in [9.17, 15) is 31.1 Å². The summed E-state index contributed by atoms with van der Waals surface area (Å²) in [6.07, 6.45) is -9.12. The Morgan fingerprint density at radius 3 is 1.96 bits per heavy atom. The Bertz CT molecular complexity index is 585. The second-order valence-corrected chi connectivity index (χ2v) is 4.72. The lowest BCUT2D eigenvalue weighted by molar-refractivity contribution is -0.202. The molecule has 0 spiro atoms. The molecule has 1 aromatic carbocycles. The van der Waals surface area contributed by atoms with Gasteiger partial charge in [0, 0.05) is 6.07 Å². The van der Waals surface area contributed by atoms with Crippen LogP contribution in [-0.4, -0.2) is 29.4 Å². The van der Waals surface area contributed by atoms with Crippen molar-refractivity contribution in [3.63, 3.8) is 0 Å². The molecule has 0 heterocycles. The molecular formula is C11H7Cl2F6NO3. The highest BCUT2D eigenvalue weighted by Gasteiger charge is 2.44. The molecule has 4 nitrogen and oxygen atoms in total. The van der Waals surface area contributed by atoms with Crippen LogP contribution in [0.1, 0.15) is 10.4 Å². The van der Waals surface area contributed by atoms with Gasteiger partial charge in [-0.2, -0.15) is 17.6 Å². The Labute approximate surface area is 135 Å². The third kappa shape index (κ3) is 4.96. The van der Waals surface area contributed by atoms with Crippen molar-refractivity contribution >= 4 is 29.1 Å². The number of hydrogen-bond donors (Lipinski definition) is 1. The van der Waals surface area contributed by atoms with Crippen LogP contribution in [0.3, 0.4) is 0 Å². The van der Waals surface area contributed by atoms with Gasteiger partial charge in [-0.25, -0.2) is 8.78 Å². The first kappa shape index (κ1) is 19.5. The molecule has 0 aliphatic carbocycles. The highest BCUT2D eigenvalue weighted by atomic mass is 35.5. The third-order valence-electron chi connectivity index (χ3n) is 2.23. The summed E-state index contributed by atoms with van der Waals surface area (Å²) in [5.74, 6) is -3.30. The number of hydrogen-bond acceptors (Lipinski definition) is 3. The highest BCUT2D eigenvalue weighted by Crippen LogP contribution is 2.35. The van der Waals surface area contributed by atoms with E-state index in [1.165, 1.54) is 0 Å². The number of carbonyl (C=O) groups is 1. The van der Waals surface area contributed by atoms with E-state index in [1.807, 2.05) is 0 Å². The van der Waals surface area contributed by atoms with Gasteiger partial charge in [0.05, 0.1) is 5.56 Å². The molecule has 0 aliphatic heterocycles. The van der Waals surface area contributed by atoms with Gasteiger partial charge in [0.1, 0.15) is 11.5 Å². The van der Waals surface area contributed by atoms with Gasteiger partial charge in [0.15, 0.2) is 0 Å². The van der Waals surface area contributed by atoms with Crippen LogP contribution in [0.2, 0.25) is 0 Å². The summed E-state index contributed by atoms with van der Waals surface area (Å²) in [6.45, 7) is 0. The summed E-state index contributed by atoms with van der Waals surface area (Å²) in [4.78, 5) is 11.1. The molecule has 1 rings (SSSR count). The van der Waals surface area contributed by atoms with Gasteiger partial charge >= 0.3 is 12.2 Å². The van der Waals surface area contributed by atoms with Gasteiger partial charge in [0.2, 0.25) is 0 Å². The molecule has 130 valence electrons. The van der Waals surface area contributed by atoms with Crippen LogP contribution >= 0.6 is 23.2 Å². The zero-order valence-corrected chi connectivity index (χ0v) is 12.2. The van der Waals surface area contributed by atoms with Crippen LogP contribution in [0.25, 0.3) is 0 Å². The van der Waals surface area contributed by atoms with Crippen LogP contribution < -0.4 is 15.2 Å². The SMILES string of the molecule is NC(=O)c1ccc(OC(F)(F)[C@@H](F)Cl)cc1OC(F)(F)[C@H](F)Cl. The van der Waals surface area contributed by atoms with Gasteiger partial charge < -0.3 is 15.2 Å². The first-order chi connectivity index (χ1) is 10.4. The summed E-state index contributed by atoms with van der Waals surface area (Å²) >= 11 is 9.12.